The first-order valence-corrected chi connectivity index (χ1v) is 14.9. The fourth-order valence-electron chi connectivity index (χ4n) is 7.08. The average Bonchev–Trinajstić information content (AvgIpc) is 3.17. The molecule has 0 amide bonds. The summed E-state index contributed by atoms with van der Waals surface area (Å²) in [5.74, 6) is 1.59. The van der Waals surface area contributed by atoms with Gasteiger partial charge in [-0.3, -0.25) is 0 Å². The quantitative estimate of drug-likeness (QED) is 0.509. The van der Waals surface area contributed by atoms with E-state index in [1.54, 1.807) is 12.1 Å². The molecular weight excluding hydrogens is 456 g/mol. The van der Waals surface area contributed by atoms with Gasteiger partial charge in [0, 0.05) is 6.42 Å². The summed E-state index contributed by atoms with van der Waals surface area (Å²) in [6.07, 6.45) is 10.5. The van der Waals surface area contributed by atoms with E-state index in [9.17, 15) is 18.6 Å². The SMILES string of the molecule is C=C1C(=CC=C2CCC[C@]3(C)[C@@H]([C@H](C)CCS(=O)(=O)c4ccc(C)cc4)CC[C@@H]23)C[C@@H](O)C[C@@H]1O. The van der Waals surface area contributed by atoms with Gasteiger partial charge < -0.3 is 10.2 Å². The van der Waals surface area contributed by atoms with E-state index in [4.69, 9.17) is 0 Å². The zero-order chi connectivity index (χ0) is 25.4. The molecule has 2 N–H and O–H groups in total. The highest BCUT2D eigenvalue weighted by Gasteiger charge is 2.50. The third kappa shape index (κ3) is 5.52. The van der Waals surface area contributed by atoms with Gasteiger partial charge >= 0.3 is 0 Å². The topological polar surface area (TPSA) is 74.6 Å². The Morgan fingerprint density at radius 1 is 1.17 bits per heavy atom. The summed E-state index contributed by atoms with van der Waals surface area (Å²) < 4.78 is 25.9. The molecule has 5 heteroatoms. The second-order valence-corrected chi connectivity index (χ2v) is 13.7. The molecule has 3 aliphatic rings. The van der Waals surface area contributed by atoms with Gasteiger partial charge in [-0.2, -0.15) is 0 Å². The van der Waals surface area contributed by atoms with Crippen molar-refractivity contribution in [1.29, 1.82) is 0 Å². The molecule has 0 unspecified atom stereocenters. The van der Waals surface area contributed by atoms with Gasteiger partial charge in [-0.1, -0.05) is 55.8 Å². The van der Waals surface area contributed by atoms with Crippen molar-refractivity contribution in [3.63, 3.8) is 0 Å². The number of aryl methyl sites for hydroxylation is 1. The third-order valence-corrected chi connectivity index (χ3v) is 11.0. The molecule has 0 saturated heterocycles. The smallest absolute Gasteiger partial charge is 0.178 e. The monoisotopic (exact) mass is 498 g/mol. The maximum absolute atomic E-state index is 12.9. The van der Waals surface area contributed by atoms with Crippen LogP contribution in [-0.4, -0.2) is 36.6 Å². The number of rotatable bonds is 6. The summed E-state index contributed by atoms with van der Waals surface area (Å²) in [7, 11) is -3.27. The average molecular weight is 499 g/mol. The first-order valence-electron chi connectivity index (χ1n) is 13.3. The van der Waals surface area contributed by atoms with Crippen LogP contribution in [0.5, 0.6) is 0 Å². The van der Waals surface area contributed by atoms with Gasteiger partial charge in [0.1, 0.15) is 0 Å². The van der Waals surface area contributed by atoms with Crippen molar-refractivity contribution in [3.8, 4) is 0 Å². The molecule has 1 aromatic rings. The fourth-order valence-corrected chi connectivity index (χ4v) is 8.55. The Morgan fingerprint density at radius 3 is 2.60 bits per heavy atom. The lowest BCUT2D eigenvalue weighted by Crippen LogP contribution is -2.36. The Kier molecular flexibility index (Phi) is 7.80. The number of aliphatic hydroxyl groups is 2. The largest absolute Gasteiger partial charge is 0.393 e. The molecule has 0 radical (unpaired) electrons. The lowest BCUT2D eigenvalue weighted by atomic mass is 9.61. The molecule has 3 saturated carbocycles. The van der Waals surface area contributed by atoms with E-state index < -0.39 is 22.0 Å². The molecule has 1 aromatic carbocycles. The van der Waals surface area contributed by atoms with Gasteiger partial charge in [0.2, 0.25) is 0 Å². The van der Waals surface area contributed by atoms with E-state index >= 15 is 0 Å². The first kappa shape index (κ1) is 26.4. The zero-order valence-electron chi connectivity index (χ0n) is 21.5. The van der Waals surface area contributed by atoms with Crippen LogP contribution in [0, 0.1) is 30.1 Å². The van der Waals surface area contributed by atoms with Crippen molar-refractivity contribution in [2.24, 2.45) is 23.2 Å². The van der Waals surface area contributed by atoms with Crippen LogP contribution in [0.4, 0.5) is 0 Å². The molecule has 6 atom stereocenters. The van der Waals surface area contributed by atoms with Crippen LogP contribution in [0.3, 0.4) is 0 Å². The fraction of sp³-hybridized carbons (Fsp3) is 0.600. The minimum Gasteiger partial charge on any atom is -0.393 e. The lowest BCUT2D eigenvalue weighted by Gasteiger charge is -2.44. The number of sulfone groups is 1. The molecule has 3 fully saturated rings. The van der Waals surface area contributed by atoms with Crippen LogP contribution in [-0.2, 0) is 9.84 Å². The number of allylic oxidation sites excluding steroid dienone is 3. The van der Waals surface area contributed by atoms with Crippen molar-refractivity contribution in [2.75, 3.05) is 5.75 Å². The van der Waals surface area contributed by atoms with E-state index in [0.717, 1.165) is 42.4 Å². The zero-order valence-corrected chi connectivity index (χ0v) is 22.4. The minimum atomic E-state index is -3.27. The summed E-state index contributed by atoms with van der Waals surface area (Å²) in [6, 6.07) is 7.20. The summed E-state index contributed by atoms with van der Waals surface area (Å²) >= 11 is 0. The van der Waals surface area contributed by atoms with Crippen molar-refractivity contribution in [2.45, 2.75) is 89.2 Å². The number of benzene rings is 1. The second-order valence-electron chi connectivity index (χ2n) is 11.6. The lowest BCUT2D eigenvalue weighted by molar-refractivity contribution is 0.0861. The maximum atomic E-state index is 12.9. The van der Waals surface area contributed by atoms with E-state index in [0.29, 0.717) is 41.9 Å². The van der Waals surface area contributed by atoms with Gasteiger partial charge in [0.25, 0.3) is 0 Å². The van der Waals surface area contributed by atoms with Crippen LogP contribution in [0.2, 0.25) is 0 Å². The van der Waals surface area contributed by atoms with Crippen LogP contribution >= 0.6 is 0 Å². The van der Waals surface area contributed by atoms with Crippen LogP contribution in [0.15, 0.2) is 64.6 Å². The Hall–Kier alpha value is -1.69. The van der Waals surface area contributed by atoms with Gasteiger partial charge in [-0.05, 0) is 98.3 Å². The van der Waals surface area contributed by atoms with Crippen LogP contribution in [0.25, 0.3) is 0 Å². The highest BCUT2D eigenvalue weighted by Crippen LogP contribution is 2.59. The molecule has 0 aliphatic heterocycles. The van der Waals surface area contributed by atoms with Gasteiger partial charge in [0.05, 0.1) is 22.9 Å². The minimum absolute atomic E-state index is 0.193. The Morgan fingerprint density at radius 2 is 1.89 bits per heavy atom. The summed E-state index contributed by atoms with van der Waals surface area (Å²) in [4.78, 5) is 0.432. The van der Waals surface area contributed by atoms with E-state index in [1.165, 1.54) is 12.0 Å². The van der Waals surface area contributed by atoms with Crippen LogP contribution < -0.4 is 0 Å². The first-order chi connectivity index (χ1) is 16.5. The van der Waals surface area contributed by atoms with Gasteiger partial charge in [-0.15, -0.1) is 0 Å². The molecule has 0 heterocycles. The molecule has 0 aromatic heterocycles. The molecule has 4 rings (SSSR count). The van der Waals surface area contributed by atoms with Crippen molar-refractivity contribution in [1.82, 2.24) is 0 Å². The molecule has 192 valence electrons. The number of hydrogen-bond donors (Lipinski definition) is 2. The molecule has 4 nitrogen and oxygen atoms in total. The number of fused-ring (bicyclic) bond motifs is 1. The number of hydrogen-bond acceptors (Lipinski definition) is 4. The second kappa shape index (κ2) is 10.4. The third-order valence-electron chi connectivity index (χ3n) is 9.21. The highest BCUT2D eigenvalue weighted by atomic mass is 32.2. The van der Waals surface area contributed by atoms with Gasteiger partial charge in [-0.25, -0.2) is 8.42 Å². The highest BCUT2D eigenvalue weighted by molar-refractivity contribution is 7.91. The number of aliphatic hydroxyl groups excluding tert-OH is 2. The predicted molar refractivity (Wildman–Crippen MR) is 142 cm³/mol. The van der Waals surface area contributed by atoms with Crippen molar-refractivity contribution >= 4 is 9.84 Å². The molecule has 35 heavy (non-hydrogen) atoms. The van der Waals surface area contributed by atoms with Crippen molar-refractivity contribution in [3.05, 3.63) is 65.3 Å². The molecule has 0 spiro atoms. The van der Waals surface area contributed by atoms with E-state index in [-0.39, 0.29) is 11.2 Å². The van der Waals surface area contributed by atoms with E-state index in [1.807, 2.05) is 19.1 Å². The molecular formula is C30H42O4S. The Labute approximate surface area is 211 Å². The predicted octanol–water partition coefficient (Wildman–Crippen LogP) is 5.94. The van der Waals surface area contributed by atoms with Crippen molar-refractivity contribution < 1.29 is 18.6 Å². The van der Waals surface area contributed by atoms with Crippen LogP contribution in [0.1, 0.15) is 70.8 Å². The summed E-state index contributed by atoms with van der Waals surface area (Å²) in [6.45, 7) is 10.7. The normalized spacial score (nSPS) is 34.8. The molecule has 0 bridgehead atoms. The summed E-state index contributed by atoms with van der Waals surface area (Å²) in [5, 5.41) is 20.3. The summed E-state index contributed by atoms with van der Waals surface area (Å²) in [5.41, 5.74) is 4.42. The Bertz CT molecular complexity index is 1100. The molecule has 3 aliphatic carbocycles. The Balaban J connectivity index is 1.45. The van der Waals surface area contributed by atoms with E-state index in [2.05, 4.69) is 32.6 Å². The maximum Gasteiger partial charge on any atom is 0.178 e. The van der Waals surface area contributed by atoms with Gasteiger partial charge in [0.15, 0.2) is 9.84 Å². The standard InChI is InChI=1S/C30H42O4S/c1-20-7-11-26(12-8-20)35(33,34)17-15-21(2)27-13-14-28-23(6-5-16-30(27,28)4)9-10-24-18-25(31)19-29(32)22(24)3/h7-12,21,25,27-29,31-32H,3,5-6,13-19H2,1-2,4H3/t21-,25-,27-,28+,29+,30-/m1/s1.